The van der Waals surface area contributed by atoms with Gasteiger partial charge in [0.15, 0.2) is 0 Å². The topological polar surface area (TPSA) is 25.2 Å². The molecular formula is C12H14FNO. The summed E-state index contributed by atoms with van der Waals surface area (Å²) < 4.78 is 15.1. The molecule has 0 amide bonds. The molecule has 0 aliphatic rings. The highest BCUT2D eigenvalue weighted by molar-refractivity contribution is 5.81. The Kier molecular flexibility index (Phi) is 2.49. The van der Waals surface area contributed by atoms with Crippen LogP contribution in [0.3, 0.4) is 0 Å². The molecular weight excluding hydrogens is 193 g/mol. The van der Waals surface area contributed by atoms with E-state index >= 15 is 0 Å². The summed E-state index contributed by atoms with van der Waals surface area (Å²) in [5, 5.41) is 10.2. The highest BCUT2D eigenvalue weighted by Crippen LogP contribution is 2.24. The Hall–Kier alpha value is -1.35. The lowest BCUT2D eigenvalue weighted by molar-refractivity contribution is 0.269. The summed E-state index contributed by atoms with van der Waals surface area (Å²) >= 11 is 0. The molecule has 2 aromatic rings. The van der Waals surface area contributed by atoms with Gasteiger partial charge in [-0.05, 0) is 38.1 Å². The molecule has 2 nitrogen and oxygen atoms in total. The van der Waals surface area contributed by atoms with Crippen LogP contribution in [-0.2, 0) is 6.61 Å². The van der Waals surface area contributed by atoms with Crippen LogP contribution in [0.5, 0.6) is 0 Å². The summed E-state index contributed by atoms with van der Waals surface area (Å²) in [5.41, 5.74) is 1.67. The van der Waals surface area contributed by atoms with Gasteiger partial charge in [-0.25, -0.2) is 4.39 Å². The van der Waals surface area contributed by atoms with Crippen molar-refractivity contribution in [3.8, 4) is 0 Å². The summed E-state index contributed by atoms with van der Waals surface area (Å²) in [5.74, 6) is -0.244. The second-order valence-electron chi connectivity index (χ2n) is 3.96. The van der Waals surface area contributed by atoms with Gasteiger partial charge in [0.05, 0.1) is 12.1 Å². The van der Waals surface area contributed by atoms with E-state index < -0.39 is 0 Å². The van der Waals surface area contributed by atoms with Crippen LogP contribution >= 0.6 is 0 Å². The van der Waals surface area contributed by atoms with Gasteiger partial charge in [0.2, 0.25) is 0 Å². The fraction of sp³-hybridized carbons (Fsp3) is 0.333. The summed E-state index contributed by atoms with van der Waals surface area (Å²) in [6.07, 6.45) is 0. The molecule has 1 N–H and O–H groups in total. The van der Waals surface area contributed by atoms with Crippen molar-refractivity contribution >= 4 is 10.9 Å². The first-order valence-electron chi connectivity index (χ1n) is 5.03. The molecule has 1 heterocycles. The summed E-state index contributed by atoms with van der Waals surface area (Å²) in [7, 11) is 0. The average molecular weight is 207 g/mol. The fourth-order valence-electron chi connectivity index (χ4n) is 1.98. The van der Waals surface area contributed by atoms with Crippen LogP contribution in [-0.4, -0.2) is 9.67 Å². The number of fused-ring (bicyclic) bond motifs is 1. The zero-order chi connectivity index (χ0) is 11.0. The Balaban J connectivity index is 2.76. The zero-order valence-corrected chi connectivity index (χ0v) is 8.87. The lowest BCUT2D eigenvalue weighted by Crippen LogP contribution is -2.05. The molecule has 0 unspecified atom stereocenters. The minimum absolute atomic E-state index is 0.0194. The molecule has 0 atom stereocenters. The van der Waals surface area contributed by atoms with Gasteiger partial charge in [-0.1, -0.05) is 0 Å². The Morgan fingerprint density at radius 1 is 1.33 bits per heavy atom. The molecule has 1 aromatic heterocycles. The van der Waals surface area contributed by atoms with E-state index in [1.54, 1.807) is 6.07 Å². The Labute approximate surface area is 88.0 Å². The van der Waals surface area contributed by atoms with E-state index in [1.165, 1.54) is 12.1 Å². The van der Waals surface area contributed by atoms with Crippen molar-refractivity contribution < 1.29 is 9.50 Å². The third-order valence-electron chi connectivity index (χ3n) is 2.56. The van der Waals surface area contributed by atoms with Crippen LogP contribution in [0.4, 0.5) is 4.39 Å². The molecule has 80 valence electrons. The zero-order valence-electron chi connectivity index (χ0n) is 8.87. The van der Waals surface area contributed by atoms with Crippen LogP contribution in [0.15, 0.2) is 24.3 Å². The van der Waals surface area contributed by atoms with Crippen LogP contribution in [0.25, 0.3) is 10.9 Å². The molecule has 0 saturated heterocycles. The number of hydrogen-bond acceptors (Lipinski definition) is 1. The van der Waals surface area contributed by atoms with E-state index in [1.807, 2.05) is 24.5 Å². The third kappa shape index (κ3) is 1.63. The Morgan fingerprint density at radius 3 is 2.67 bits per heavy atom. The molecule has 0 saturated carbocycles. The highest BCUT2D eigenvalue weighted by atomic mass is 19.1. The molecule has 1 aromatic carbocycles. The summed E-state index contributed by atoms with van der Waals surface area (Å²) in [6.45, 7) is 4.02. The number of nitrogens with zero attached hydrogens (tertiary/aromatic N) is 1. The van der Waals surface area contributed by atoms with E-state index in [0.29, 0.717) is 0 Å². The van der Waals surface area contributed by atoms with E-state index in [4.69, 9.17) is 0 Å². The molecule has 15 heavy (non-hydrogen) atoms. The number of aliphatic hydroxyl groups excluding tert-OH is 1. The van der Waals surface area contributed by atoms with Gasteiger partial charge in [0.25, 0.3) is 0 Å². The number of halogens is 1. The van der Waals surface area contributed by atoms with E-state index in [2.05, 4.69) is 0 Å². The number of rotatable bonds is 2. The van der Waals surface area contributed by atoms with Crippen LogP contribution in [0, 0.1) is 5.82 Å². The molecule has 0 aliphatic carbocycles. The summed E-state index contributed by atoms with van der Waals surface area (Å²) in [6, 6.07) is 6.80. The number of hydrogen-bond donors (Lipinski definition) is 1. The Bertz CT molecular complexity index is 488. The predicted octanol–water partition coefficient (Wildman–Crippen LogP) is 2.85. The molecule has 0 radical (unpaired) electrons. The first-order chi connectivity index (χ1) is 7.13. The van der Waals surface area contributed by atoms with Crippen molar-refractivity contribution in [3.05, 3.63) is 35.8 Å². The fourth-order valence-corrected chi connectivity index (χ4v) is 1.98. The smallest absolute Gasteiger partial charge is 0.125 e. The molecule has 0 bridgehead atoms. The lowest BCUT2D eigenvalue weighted by atomic mass is 10.2. The average Bonchev–Trinajstić information content (AvgIpc) is 2.55. The number of aliphatic hydroxyl groups is 1. The molecule has 0 spiro atoms. The quantitative estimate of drug-likeness (QED) is 0.804. The predicted molar refractivity (Wildman–Crippen MR) is 58.2 cm³/mol. The van der Waals surface area contributed by atoms with Gasteiger partial charge in [0.1, 0.15) is 5.82 Å². The largest absolute Gasteiger partial charge is 0.390 e. The van der Waals surface area contributed by atoms with Gasteiger partial charge in [-0.15, -0.1) is 0 Å². The van der Waals surface area contributed by atoms with Crippen LogP contribution in [0.2, 0.25) is 0 Å². The first-order valence-corrected chi connectivity index (χ1v) is 5.03. The maximum atomic E-state index is 13.1. The first kappa shape index (κ1) is 10.2. The third-order valence-corrected chi connectivity index (χ3v) is 2.56. The van der Waals surface area contributed by atoms with Crippen LogP contribution < -0.4 is 0 Å². The van der Waals surface area contributed by atoms with Gasteiger partial charge < -0.3 is 9.67 Å². The normalized spacial score (nSPS) is 11.5. The van der Waals surface area contributed by atoms with Crippen molar-refractivity contribution in [2.75, 3.05) is 0 Å². The molecule has 0 fully saturated rings. The molecule has 2 rings (SSSR count). The maximum absolute atomic E-state index is 13.1. The number of benzene rings is 1. The van der Waals surface area contributed by atoms with Crippen molar-refractivity contribution in [3.63, 3.8) is 0 Å². The SMILES string of the molecule is CC(C)n1c(CO)cc2ccc(F)cc21. The van der Waals surface area contributed by atoms with E-state index in [-0.39, 0.29) is 18.5 Å². The van der Waals surface area contributed by atoms with Gasteiger partial charge in [-0.2, -0.15) is 0 Å². The van der Waals surface area contributed by atoms with Crippen molar-refractivity contribution in [1.29, 1.82) is 0 Å². The van der Waals surface area contributed by atoms with Crippen molar-refractivity contribution in [2.45, 2.75) is 26.5 Å². The van der Waals surface area contributed by atoms with Crippen LogP contribution in [0.1, 0.15) is 25.6 Å². The monoisotopic (exact) mass is 207 g/mol. The second kappa shape index (κ2) is 3.66. The van der Waals surface area contributed by atoms with E-state index in [0.717, 1.165) is 16.6 Å². The standard InChI is InChI=1S/C12H14FNO/c1-8(2)14-11(7-15)5-9-3-4-10(13)6-12(9)14/h3-6,8,15H,7H2,1-2H3. The maximum Gasteiger partial charge on any atom is 0.125 e. The molecule has 3 heteroatoms. The van der Waals surface area contributed by atoms with Crippen molar-refractivity contribution in [1.82, 2.24) is 4.57 Å². The highest BCUT2D eigenvalue weighted by Gasteiger charge is 2.10. The second-order valence-corrected chi connectivity index (χ2v) is 3.96. The van der Waals surface area contributed by atoms with Crippen molar-refractivity contribution in [2.24, 2.45) is 0 Å². The minimum Gasteiger partial charge on any atom is -0.390 e. The van der Waals surface area contributed by atoms with Gasteiger partial charge >= 0.3 is 0 Å². The van der Waals surface area contributed by atoms with Gasteiger partial charge in [0, 0.05) is 17.1 Å². The van der Waals surface area contributed by atoms with Gasteiger partial charge in [-0.3, -0.25) is 0 Å². The summed E-state index contributed by atoms with van der Waals surface area (Å²) in [4.78, 5) is 0. The number of aromatic nitrogens is 1. The Morgan fingerprint density at radius 2 is 2.07 bits per heavy atom. The molecule has 0 aliphatic heterocycles. The van der Waals surface area contributed by atoms with E-state index in [9.17, 15) is 9.50 Å². The minimum atomic E-state index is -0.244. The lowest BCUT2D eigenvalue weighted by Gasteiger charge is -2.13.